The van der Waals surface area contributed by atoms with E-state index in [4.69, 9.17) is 0 Å². The minimum atomic E-state index is -3.87. The van der Waals surface area contributed by atoms with Crippen LogP contribution < -0.4 is 4.74 Å². The Balaban J connectivity index is 2.51. The van der Waals surface area contributed by atoms with Crippen molar-refractivity contribution in [3.8, 4) is 5.06 Å². The van der Waals surface area contributed by atoms with Crippen LogP contribution in [0.2, 0.25) is 0 Å². The zero-order valence-corrected chi connectivity index (χ0v) is 11.7. The third-order valence-electron chi connectivity index (χ3n) is 2.74. The van der Waals surface area contributed by atoms with Gasteiger partial charge in [-0.2, -0.15) is 0 Å². The lowest BCUT2D eigenvalue weighted by atomic mass is 10.2. The summed E-state index contributed by atoms with van der Waals surface area (Å²) in [5.74, 6) is -3.54. The number of aliphatic hydroxyl groups is 1. The van der Waals surface area contributed by atoms with E-state index in [-0.39, 0.29) is 10.6 Å². The van der Waals surface area contributed by atoms with E-state index in [1.807, 2.05) is 0 Å². The van der Waals surface area contributed by atoms with E-state index >= 15 is 0 Å². The van der Waals surface area contributed by atoms with Gasteiger partial charge < -0.3 is 9.84 Å². The number of hydrogen-bond donors (Lipinski definition) is 1. The Morgan fingerprint density at radius 1 is 1.50 bits per heavy atom. The van der Waals surface area contributed by atoms with Crippen molar-refractivity contribution < 1.29 is 35.8 Å². The summed E-state index contributed by atoms with van der Waals surface area (Å²) in [6, 6.07) is 0. The Bertz CT molecular complexity index is 623. The van der Waals surface area contributed by atoms with Gasteiger partial charge in [0.2, 0.25) is 0 Å². The molecule has 0 aromatic carbocycles. The Labute approximate surface area is 115 Å². The van der Waals surface area contributed by atoms with Crippen LogP contribution in [0.5, 0.6) is 5.06 Å². The predicted molar refractivity (Wildman–Crippen MR) is 62.5 cm³/mol. The molecule has 0 unspecified atom stereocenters. The van der Waals surface area contributed by atoms with Crippen LogP contribution in [0.15, 0.2) is 4.21 Å². The van der Waals surface area contributed by atoms with Gasteiger partial charge in [-0.1, -0.05) is 11.3 Å². The van der Waals surface area contributed by atoms with Gasteiger partial charge in [0.25, 0.3) is 12.3 Å². The molecular weight excluding hydrogens is 324 g/mol. The second-order valence-electron chi connectivity index (χ2n) is 4.38. The first-order valence-electron chi connectivity index (χ1n) is 5.36. The number of halogens is 4. The van der Waals surface area contributed by atoms with Gasteiger partial charge >= 0.3 is 0 Å². The van der Waals surface area contributed by atoms with E-state index in [1.54, 1.807) is 0 Å². The molecule has 0 spiro atoms. The van der Waals surface area contributed by atoms with Gasteiger partial charge in [0.1, 0.15) is 16.9 Å². The first-order valence-corrected chi connectivity index (χ1v) is 8.07. The van der Waals surface area contributed by atoms with Gasteiger partial charge in [-0.3, -0.25) is 0 Å². The van der Waals surface area contributed by atoms with E-state index in [9.17, 15) is 31.1 Å². The summed E-state index contributed by atoms with van der Waals surface area (Å²) >= 11 is 0.479. The lowest BCUT2D eigenvalue weighted by Crippen LogP contribution is -2.22. The van der Waals surface area contributed by atoms with E-state index in [0.29, 0.717) is 11.3 Å². The van der Waals surface area contributed by atoms with Crippen molar-refractivity contribution >= 4 is 21.2 Å². The number of hydrogen-bond acceptors (Lipinski definition) is 5. The third-order valence-corrected chi connectivity index (χ3v) is 5.75. The molecule has 1 aromatic rings. The minimum absolute atomic E-state index is 0.214. The molecule has 0 radical (unpaired) electrons. The zero-order chi connectivity index (χ0) is 15.3. The summed E-state index contributed by atoms with van der Waals surface area (Å²) in [5, 5.41) is 9.22. The van der Waals surface area contributed by atoms with E-state index < -0.39 is 51.1 Å². The Morgan fingerprint density at radius 2 is 2.10 bits per heavy atom. The van der Waals surface area contributed by atoms with Gasteiger partial charge in [-0.15, -0.1) is 0 Å². The second kappa shape index (κ2) is 4.85. The molecule has 1 aliphatic carbocycles. The van der Waals surface area contributed by atoms with E-state index in [1.165, 1.54) is 0 Å². The maximum absolute atomic E-state index is 13.5. The molecule has 1 aliphatic rings. The highest BCUT2D eigenvalue weighted by atomic mass is 32.2. The molecule has 20 heavy (non-hydrogen) atoms. The third kappa shape index (κ3) is 2.63. The highest BCUT2D eigenvalue weighted by molar-refractivity contribution is 7.92. The lowest BCUT2D eigenvalue weighted by molar-refractivity contribution is -0.0976. The fourth-order valence-electron chi connectivity index (χ4n) is 1.95. The lowest BCUT2D eigenvalue weighted by Gasteiger charge is -2.14. The summed E-state index contributed by atoms with van der Waals surface area (Å²) in [7, 11) is -3.87. The standard InChI is InChI=1S/C10H10F4O4S2/c1-20(16,17)9-6-4(2-10(13,14)7(6)15)8(19-9)18-3-5(11)12/h5,7,15H,2-3H2,1H3/t7-/m0/s1. The summed E-state index contributed by atoms with van der Waals surface area (Å²) in [5.41, 5.74) is -0.652. The molecule has 2 rings (SSSR count). The average molecular weight is 334 g/mol. The second-order valence-corrected chi connectivity index (χ2v) is 7.58. The molecule has 0 amide bonds. The monoisotopic (exact) mass is 334 g/mol. The predicted octanol–water partition coefficient (Wildman–Crippen LogP) is 2.02. The quantitative estimate of drug-likeness (QED) is 0.856. The summed E-state index contributed by atoms with van der Waals surface area (Å²) < 4.78 is 78.5. The number of fused-ring (bicyclic) bond motifs is 1. The molecule has 0 saturated carbocycles. The molecule has 1 N–H and O–H groups in total. The number of aliphatic hydroxyl groups excluding tert-OH is 1. The van der Waals surface area contributed by atoms with Crippen LogP contribution in [0.4, 0.5) is 17.6 Å². The highest BCUT2D eigenvalue weighted by Gasteiger charge is 2.51. The smallest absolute Gasteiger partial charge is 0.281 e. The largest absolute Gasteiger partial charge is 0.478 e. The van der Waals surface area contributed by atoms with Crippen molar-refractivity contribution in [1.82, 2.24) is 0 Å². The number of sulfone groups is 1. The van der Waals surface area contributed by atoms with Crippen LogP contribution >= 0.6 is 11.3 Å². The SMILES string of the molecule is CS(=O)(=O)c1sc(OCC(F)F)c2c1[C@H](O)C(F)(F)C2. The molecule has 0 aliphatic heterocycles. The molecule has 114 valence electrons. The molecule has 1 atom stereocenters. The zero-order valence-electron chi connectivity index (χ0n) is 10.1. The maximum atomic E-state index is 13.5. The molecular formula is C10H10F4O4S2. The van der Waals surface area contributed by atoms with Crippen LogP contribution in [-0.2, 0) is 16.3 Å². The molecule has 1 heterocycles. The first-order chi connectivity index (χ1) is 9.04. The number of alkyl halides is 4. The Morgan fingerprint density at radius 3 is 2.60 bits per heavy atom. The van der Waals surface area contributed by atoms with Crippen molar-refractivity contribution in [2.24, 2.45) is 0 Å². The van der Waals surface area contributed by atoms with Crippen molar-refractivity contribution in [1.29, 1.82) is 0 Å². The van der Waals surface area contributed by atoms with Crippen LogP contribution in [0.3, 0.4) is 0 Å². The molecule has 0 saturated heterocycles. The highest BCUT2D eigenvalue weighted by Crippen LogP contribution is 2.53. The normalized spacial score (nSPS) is 21.2. The Kier molecular flexibility index (Phi) is 3.76. The first kappa shape index (κ1) is 15.5. The van der Waals surface area contributed by atoms with Gasteiger partial charge in [0.05, 0.1) is 0 Å². The van der Waals surface area contributed by atoms with Gasteiger partial charge in [-0.05, 0) is 0 Å². The summed E-state index contributed by atoms with van der Waals surface area (Å²) in [6.07, 6.45) is -5.24. The Hall–Kier alpha value is -0.870. The van der Waals surface area contributed by atoms with Crippen LogP contribution in [0.25, 0.3) is 0 Å². The maximum Gasteiger partial charge on any atom is 0.281 e. The van der Waals surface area contributed by atoms with Crippen LogP contribution in [0, 0.1) is 0 Å². The van der Waals surface area contributed by atoms with Gasteiger partial charge in [0, 0.05) is 23.8 Å². The topological polar surface area (TPSA) is 63.6 Å². The molecule has 0 fully saturated rings. The molecule has 4 nitrogen and oxygen atoms in total. The van der Waals surface area contributed by atoms with Crippen LogP contribution in [-0.4, -0.2) is 38.7 Å². The molecule has 1 aromatic heterocycles. The minimum Gasteiger partial charge on any atom is -0.478 e. The number of rotatable bonds is 4. The van der Waals surface area contributed by atoms with Gasteiger partial charge in [0.15, 0.2) is 14.9 Å². The van der Waals surface area contributed by atoms with Gasteiger partial charge in [-0.25, -0.2) is 26.0 Å². The fourth-order valence-corrected chi connectivity index (χ4v) is 4.36. The fraction of sp³-hybridized carbons (Fsp3) is 0.600. The van der Waals surface area contributed by atoms with Crippen molar-refractivity contribution in [2.75, 3.05) is 12.9 Å². The summed E-state index contributed by atoms with van der Waals surface area (Å²) in [6.45, 7) is -1.03. The number of ether oxygens (including phenoxy) is 1. The molecule has 0 bridgehead atoms. The average Bonchev–Trinajstić information content (AvgIpc) is 2.72. The van der Waals surface area contributed by atoms with Crippen molar-refractivity contribution in [3.63, 3.8) is 0 Å². The van der Waals surface area contributed by atoms with E-state index in [0.717, 1.165) is 6.26 Å². The number of thiophene rings is 1. The molecule has 10 heteroatoms. The van der Waals surface area contributed by atoms with Crippen molar-refractivity contribution in [3.05, 3.63) is 11.1 Å². The van der Waals surface area contributed by atoms with E-state index in [2.05, 4.69) is 4.74 Å². The van der Waals surface area contributed by atoms with Crippen LogP contribution in [0.1, 0.15) is 17.2 Å². The summed E-state index contributed by atoms with van der Waals surface area (Å²) in [4.78, 5) is 0. The van der Waals surface area contributed by atoms with Crippen molar-refractivity contribution in [2.45, 2.75) is 29.1 Å².